The molecule has 1 aliphatic rings. The van der Waals surface area contributed by atoms with E-state index < -0.39 is 22.2 Å². The average molecular weight is 568 g/mol. The minimum atomic E-state index is -0.586. The Balaban J connectivity index is 1.46. The topological polar surface area (TPSA) is 145 Å². The van der Waals surface area contributed by atoms with Crippen LogP contribution in [0.15, 0.2) is 42.7 Å². The van der Waals surface area contributed by atoms with Crippen molar-refractivity contribution in [2.75, 3.05) is 18.4 Å². The lowest BCUT2D eigenvalue weighted by molar-refractivity contribution is -0.380. The number of carbonyl (C=O) groups excluding carboxylic acids is 2. The third-order valence-electron chi connectivity index (χ3n) is 6.26. The first kappa shape index (κ1) is 27.1. The summed E-state index contributed by atoms with van der Waals surface area (Å²) in [6, 6.07) is 8.23. The maximum Gasteiger partial charge on any atom is 0.410 e. The Morgan fingerprint density at radius 3 is 2.45 bits per heavy atom. The van der Waals surface area contributed by atoms with Gasteiger partial charge in [0.1, 0.15) is 11.4 Å². The van der Waals surface area contributed by atoms with E-state index in [1.165, 1.54) is 36.4 Å². The van der Waals surface area contributed by atoms with Crippen LogP contribution in [0.4, 0.5) is 20.0 Å². The summed E-state index contributed by atoms with van der Waals surface area (Å²) in [5.41, 5.74) is 0.729. The van der Waals surface area contributed by atoms with Crippen molar-refractivity contribution in [1.29, 1.82) is 0 Å². The second kappa shape index (κ2) is 10.6. The van der Waals surface area contributed by atoms with E-state index in [0.29, 0.717) is 42.7 Å². The molecular formula is C26H26FN7O5S. The molecule has 0 saturated carbocycles. The number of benzene rings is 1. The molecule has 0 bridgehead atoms. The number of aromatic nitrogens is 4. The summed E-state index contributed by atoms with van der Waals surface area (Å²) in [6.45, 7) is 6.43. The quantitative estimate of drug-likeness (QED) is 0.248. The largest absolute Gasteiger partial charge is 0.444 e. The minimum absolute atomic E-state index is 0.0387. The van der Waals surface area contributed by atoms with Gasteiger partial charge in [0.05, 0.1) is 16.1 Å². The third-order valence-corrected chi connectivity index (χ3v) is 7.30. The highest BCUT2D eigenvalue weighted by atomic mass is 32.1. The molecule has 1 aliphatic heterocycles. The smallest absolute Gasteiger partial charge is 0.410 e. The van der Waals surface area contributed by atoms with Gasteiger partial charge in [0, 0.05) is 30.8 Å². The average Bonchev–Trinajstić information content (AvgIpc) is 3.57. The fourth-order valence-electron chi connectivity index (χ4n) is 4.37. The van der Waals surface area contributed by atoms with Crippen LogP contribution in [-0.4, -0.2) is 60.0 Å². The van der Waals surface area contributed by atoms with E-state index in [2.05, 4.69) is 15.3 Å². The number of hydrogen-bond acceptors (Lipinski definition) is 9. The van der Waals surface area contributed by atoms with Gasteiger partial charge >= 0.3 is 11.1 Å². The van der Waals surface area contributed by atoms with Gasteiger partial charge in [-0.2, -0.15) is 0 Å². The molecule has 14 heteroatoms. The maximum atomic E-state index is 13.6. The maximum absolute atomic E-state index is 13.6. The fraction of sp³-hybridized carbons (Fsp3) is 0.346. The van der Waals surface area contributed by atoms with Crippen molar-refractivity contribution in [2.45, 2.75) is 45.3 Å². The second-order valence-corrected chi connectivity index (χ2v) is 11.3. The van der Waals surface area contributed by atoms with E-state index in [9.17, 15) is 24.1 Å². The number of fused-ring (bicyclic) bond motifs is 1. The number of imidazole rings is 1. The van der Waals surface area contributed by atoms with Crippen LogP contribution < -0.4 is 5.32 Å². The number of rotatable bonds is 5. The van der Waals surface area contributed by atoms with E-state index in [0.717, 1.165) is 11.3 Å². The van der Waals surface area contributed by atoms with Gasteiger partial charge in [-0.25, -0.2) is 24.1 Å². The molecule has 0 aliphatic carbocycles. The summed E-state index contributed by atoms with van der Waals surface area (Å²) < 4.78 is 21.0. The molecule has 1 saturated heterocycles. The van der Waals surface area contributed by atoms with Crippen molar-refractivity contribution >= 4 is 45.3 Å². The number of carbonyl (C=O) groups is 2. The lowest BCUT2D eigenvalue weighted by Crippen LogP contribution is -2.42. The van der Waals surface area contributed by atoms with Crippen molar-refractivity contribution in [3.05, 3.63) is 63.5 Å². The Hall–Kier alpha value is -4.46. The van der Waals surface area contributed by atoms with Gasteiger partial charge < -0.3 is 19.5 Å². The van der Waals surface area contributed by atoms with Gasteiger partial charge in [0.15, 0.2) is 22.8 Å². The molecule has 1 fully saturated rings. The summed E-state index contributed by atoms with van der Waals surface area (Å²) in [5, 5.41) is 13.6. The number of nitrogens with one attached hydrogen (secondary N) is 1. The first-order valence-electron chi connectivity index (χ1n) is 12.5. The van der Waals surface area contributed by atoms with Crippen molar-refractivity contribution in [1.82, 2.24) is 24.4 Å². The van der Waals surface area contributed by atoms with Gasteiger partial charge in [-0.3, -0.25) is 14.9 Å². The number of piperidine rings is 1. The van der Waals surface area contributed by atoms with Crippen LogP contribution in [0.1, 0.15) is 49.3 Å². The van der Waals surface area contributed by atoms with E-state index in [4.69, 9.17) is 9.72 Å². The molecular weight excluding hydrogens is 541 g/mol. The highest BCUT2D eigenvalue weighted by Crippen LogP contribution is 2.31. The SMILES string of the molecule is CC(C)(C)OC(=O)N1CCC(n2cnc3c(NC(=O)c4ccc([N+](=O)[O-])s4)nc(-c4ccc(F)cc4)nc32)CC1. The lowest BCUT2D eigenvalue weighted by atomic mass is 10.1. The monoisotopic (exact) mass is 567 g/mol. The number of anilines is 1. The number of nitro groups is 1. The van der Waals surface area contributed by atoms with E-state index in [1.807, 2.05) is 25.3 Å². The van der Waals surface area contributed by atoms with Gasteiger partial charge in [-0.15, -0.1) is 0 Å². The van der Waals surface area contributed by atoms with Crippen LogP contribution in [0, 0.1) is 15.9 Å². The molecule has 0 spiro atoms. The number of halogens is 1. The molecule has 0 radical (unpaired) electrons. The molecule has 0 atom stereocenters. The summed E-state index contributed by atoms with van der Waals surface area (Å²) in [5.74, 6) is -0.633. The highest BCUT2D eigenvalue weighted by molar-refractivity contribution is 7.17. The third kappa shape index (κ3) is 5.76. The number of nitrogens with zero attached hydrogens (tertiary/aromatic N) is 6. The number of likely N-dealkylation sites (tertiary alicyclic amines) is 1. The van der Waals surface area contributed by atoms with Gasteiger partial charge in [0.2, 0.25) is 0 Å². The summed E-state index contributed by atoms with van der Waals surface area (Å²) in [4.78, 5) is 51.5. The molecule has 4 heterocycles. The summed E-state index contributed by atoms with van der Waals surface area (Å²) in [7, 11) is 0. The molecule has 3 aromatic heterocycles. The summed E-state index contributed by atoms with van der Waals surface area (Å²) >= 11 is 0.745. The van der Waals surface area contributed by atoms with Crippen LogP contribution in [0.25, 0.3) is 22.6 Å². The van der Waals surface area contributed by atoms with Crippen molar-refractivity contribution in [3.63, 3.8) is 0 Å². The first-order valence-corrected chi connectivity index (χ1v) is 13.3. The van der Waals surface area contributed by atoms with Crippen molar-refractivity contribution < 1.29 is 23.6 Å². The van der Waals surface area contributed by atoms with Crippen LogP contribution in [0.2, 0.25) is 0 Å². The fourth-order valence-corrected chi connectivity index (χ4v) is 5.08. The van der Waals surface area contributed by atoms with Crippen LogP contribution in [0.5, 0.6) is 0 Å². The minimum Gasteiger partial charge on any atom is -0.444 e. The van der Waals surface area contributed by atoms with Crippen LogP contribution >= 0.6 is 11.3 Å². The Kier molecular flexibility index (Phi) is 7.19. The second-order valence-electron chi connectivity index (χ2n) is 10.3. The standard InChI is InChI=1S/C26H26FN7O5S/c1-26(2,3)39-25(36)32-12-10-17(11-13-32)33-14-28-20-22(31-24(35)18-8-9-19(40-18)34(37)38)29-21(30-23(20)33)15-4-6-16(27)7-5-15/h4-9,14,17H,10-13H2,1-3H3,(H,29,30,31,35). The van der Waals surface area contributed by atoms with Crippen LogP contribution in [0.3, 0.4) is 0 Å². The molecule has 5 rings (SSSR count). The Labute approximate surface area is 232 Å². The lowest BCUT2D eigenvalue weighted by Gasteiger charge is -2.33. The summed E-state index contributed by atoms with van der Waals surface area (Å²) in [6.07, 6.45) is 2.51. The number of hydrogen-bond donors (Lipinski definition) is 1. The number of ether oxygens (including phenoxy) is 1. The van der Waals surface area contributed by atoms with Crippen LogP contribution in [-0.2, 0) is 4.74 Å². The molecule has 1 N–H and O–H groups in total. The van der Waals surface area contributed by atoms with Gasteiger partial charge in [-0.1, -0.05) is 11.3 Å². The zero-order valence-electron chi connectivity index (χ0n) is 22.0. The Morgan fingerprint density at radius 1 is 1.12 bits per heavy atom. The Morgan fingerprint density at radius 2 is 1.82 bits per heavy atom. The first-order chi connectivity index (χ1) is 19.0. The predicted octanol–water partition coefficient (Wildman–Crippen LogP) is 5.43. The van der Waals surface area contributed by atoms with Gasteiger partial charge in [0.25, 0.3) is 5.91 Å². The van der Waals surface area contributed by atoms with Crippen molar-refractivity contribution in [3.8, 4) is 11.4 Å². The molecule has 40 heavy (non-hydrogen) atoms. The molecule has 12 nitrogen and oxygen atoms in total. The normalized spacial score (nSPS) is 14.3. The van der Waals surface area contributed by atoms with E-state index in [1.54, 1.807) is 11.2 Å². The molecule has 1 aromatic carbocycles. The Bertz CT molecular complexity index is 1590. The van der Waals surface area contributed by atoms with E-state index >= 15 is 0 Å². The molecule has 4 aromatic rings. The molecule has 0 unspecified atom stereocenters. The number of amides is 2. The number of thiophene rings is 1. The predicted molar refractivity (Wildman–Crippen MR) is 146 cm³/mol. The molecule has 208 valence electrons. The highest BCUT2D eigenvalue weighted by Gasteiger charge is 2.29. The zero-order valence-corrected chi connectivity index (χ0v) is 22.8. The zero-order chi connectivity index (χ0) is 28.6. The van der Waals surface area contributed by atoms with Gasteiger partial charge in [-0.05, 0) is 63.9 Å². The molecule has 2 amide bonds. The van der Waals surface area contributed by atoms with E-state index in [-0.39, 0.29) is 33.7 Å². The van der Waals surface area contributed by atoms with Crippen molar-refractivity contribution in [2.24, 2.45) is 0 Å².